The fourth-order valence-corrected chi connectivity index (χ4v) is 3.74. The maximum atomic E-state index is 5.76. The van der Waals surface area contributed by atoms with Crippen LogP contribution in [0, 0.1) is 3.57 Å². The lowest BCUT2D eigenvalue weighted by Crippen LogP contribution is -2.30. The fraction of sp³-hybridized carbons (Fsp3) is 0.200. The van der Waals surface area contributed by atoms with Gasteiger partial charge in [0.25, 0.3) is 0 Å². The molecule has 6 heteroatoms. The summed E-state index contributed by atoms with van der Waals surface area (Å²) in [6, 6.07) is 12.3. The number of halogens is 3. The van der Waals surface area contributed by atoms with E-state index >= 15 is 0 Å². The monoisotopic (exact) mass is 524 g/mol. The third-order valence-electron chi connectivity index (χ3n) is 3.19. The second-order valence-electron chi connectivity index (χ2n) is 4.56. The van der Waals surface area contributed by atoms with Crippen LogP contribution in [0.2, 0.25) is 0 Å². The van der Waals surface area contributed by atoms with E-state index in [9.17, 15) is 0 Å². The molecule has 0 spiro atoms. The summed E-state index contributed by atoms with van der Waals surface area (Å²) in [6.45, 7) is 0. The third-order valence-corrected chi connectivity index (χ3v) is 5.20. The molecule has 0 aliphatic rings. The summed E-state index contributed by atoms with van der Waals surface area (Å²) in [6.07, 6.45) is 0.789. The first-order valence-corrected chi connectivity index (χ1v) is 8.95. The van der Waals surface area contributed by atoms with Crippen LogP contribution in [0.1, 0.15) is 17.2 Å². The van der Waals surface area contributed by atoms with Crippen LogP contribution in [0.4, 0.5) is 0 Å². The lowest BCUT2D eigenvalue weighted by Gasteiger charge is -2.19. The zero-order valence-corrected chi connectivity index (χ0v) is 16.7. The Morgan fingerprint density at radius 3 is 2.57 bits per heavy atom. The molecule has 0 amide bonds. The van der Waals surface area contributed by atoms with Crippen LogP contribution in [-0.4, -0.2) is 7.11 Å². The topological polar surface area (TPSA) is 47.3 Å². The first kappa shape index (κ1) is 17.2. The Labute approximate surface area is 155 Å². The molecule has 3 nitrogen and oxygen atoms in total. The molecule has 0 aromatic heterocycles. The van der Waals surface area contributed by atoms with Crippen LogP contribution in [0.15, 0.2) is 45.3 Å². The van der Waals surface area contributed by atoms with Gasteiger partial charge < -0.3 is 4.74 Å². The molecule has 0 bridgehead atoms. The number of methoxy groups -OCH3 is 1. The van der Waals surface area contributed by atoms with Gasteiger partial charge in [-0.15, -0.1) is 0 Å². The average Bonchev–Trinajstić information content (AvgIpc) is 2.47. The van der Waals surface area contributed by atoms with Crippen LogP contribution >= 0.6 is 54.5 Å². The molecule has 1 atom stereocenters. The average molecular weight is 526 g/mol. The molecule has 0 heterocycles. The number of hydrazine groups is 1. The highest BCUT2D eigenvalue weighted by Crippen LogP contribution is 2.30. The molecule has 0 fully saturated rings. The molecular formula is C15H15Br2IN2O. The second kappa shape index (κ2) is 7.92. The standard InChI is InChI=1S/C15H15Br2IN2O/c1-21-15-5-2-9(6-13(15)17)7-14(20-19)11-8-10(18)3-4-12(11)16/h2-6,8,14,20H,7,19H2,1H3. The SMILES string of the molecule is COc1ccc(CC(NN)c2cc(I)ccc2Br)cc1Br. The highest BCUT2D eigenvalue weighted by atomic mass is 127. The van der Waals surface area contributed by atoms with Crippen molar-refractivity contribution in [1.29, 1.82) is 0 Å². The van der Waals surface area contributed by atoms with E-state index in [0.717, 1.165) is 26.7 Å². The Morgan fingerprint density at radius 2 is 1.95 bits per heavy atom. The normalized spacial score (nSPS) is 12.2. The van der Waals surface area contributed by atoms with Crippen molar-refractivity contribution >= 4 is 54.5 Å². The van der Waals surface area contributed by atoms with Crippen molar-refractivity contribution in [3.8, 4) is 5.75 Å². The molecule has 3 N–H and O–H groups in total. The highest BCUT2D eigenvalue weighted by molar-refractivity contribution is 14.1. The van der Waals surface area contributed by atoms with Gasteiger partial charge in [-0.05, 0) is 86.4 Å². The summed E-state index contributed by atoms with van der Waals surface area (Å²) in [5.41, 5.74) is 5.23. The van der Waals surface area contributed by atoms with Gasteiger partial charge >= 0.3 is 0 Å². The number of nitrogens with two attached hydrogens (primary N) is 1. The minimum absolute atomic E-state index is 0.0365. The zero-order valence-electron chi connectivity index (χ0n) is 11.4. The molecular weight excluding hydrogens is 511 g/mol. The van der Waals surface area contributed by atoms with Crippen molar-refractivity contribution < 1.29 is 4.74 Å². The Kier molecular flexibility index (Phi) is 6.49. The molecule has 1 unspecified atom stereocenters. The van der Waals surface area contributed by atoms with Gasteiger partial charge in [0, 0.05) is 8.04 Å². The smallest absolute Gasteiger partial charge is 0.133 e. The van der Waals surface area contributed by atoms with E-state index < -0.39 is 0 Å². The van der Waals surface area contributed by atoms with Gasteiger partial charge in [-0.1, -0.05) is 22.0 Å². The molecule has 0 aliphatic heterocycles. The van der Waals surface area contributed by atoms with Crippen molar-refractivity contribution in [3.63, 3.8) is 0 Å². The summed E-state index contributed by atoms with van der Waals surface area (Å²) < 4.78 is 8.44. The van der Waals surface area contributed by atoms with Gasteiger partial charge in [0.15, 0.2) is 0 Å². The molecule has 0 aliphatic carbocycles. The van der Waals surface area contributed by atoms with Gasteiger partial charge in [-0.2, -0.15) is 0 Å². The Bertz CT molecular complexity index is 637. The molecule has 2 aromatic rings. The zero-order chi connectivity index (χ0) is 15.4. The first-order valence-electron chi connectivity index (χ1n) is 6.28. The summed E-state index contributed by atoms with van der Waals surface area (Å²) in [5, 5.41) is 0. The van der Waals surface area contributed by atoms with E-state index in [1.807, 2.05) is 12.1 Å². The lowest BCUT2D eigenvalue weighted by atomic mass is 9.99. The number of hydrogen-bond acceptors (Lipinski definition) is 3. The molecule has 2 aromatic carbocycles. The van der Waals surface area contributed by atoms with E-state index in [2.05, 4.69) is 84.1 Å². The van der Waals surface area contributed by atoms with Gasteiger partial charge in [0.1, 0.15) is 5.75 Å². The minimum Gasteiger partial charge on any atom is -0.496 e. The number of hydrogen-bond donors (Lipinski definition) is 2. The predicted molar refractivity (Wildman–Crippen MR) is 101 cm³/mol. The second-order valence-corrected chi connectivity index (χ2v) is 7.51. The van der Waals surface area contributed by atoms with E-state index in [1.54, 1.807) is 7.11 Å². The molecule has 0 saturated carbocycles. The Hall–Kier alpha value is -0.150. The third kappa shape index (κ3) is 4.41. The predicted octanol–water partition coefficient (Wildman–Crippen LogP) is 4.57. The molecule has 2 rings (SSSR count). The largest absolute Gasteiger partial charge is 0.496 e. The lowest BCUT2D eigenvalue weighted by molar-refractivity contribution is 0.412. The Balaban J connectivity index is 2.26. The minimum atomic E-state index is 0.0365. The van der Waals surface area contributed by atoms with Crippen LogP contribution in [-0.2, 0) is 6.42 Å². The van der Waals surface area contributed by atoms with Crippen molar-refractivity contribution in [1.82, 2.24) is 5.43 Å². The number of nitrogens with one attached hydrogen (secondary N) is 1. The van der Waals surface area contributed by atoms with Gasteiger partial charge in [-0.3, -0.25) is 11.3 Å². The maximum absolute atomic E-state index is 5.76. The van der Waals surface area contributed by atoms with Crippen LogP contribution < -0.4 is 16.0 Å². The summed E-state index contributed by atoms with van der Waals surface area (Å²) in [5.74, 6) is 6.58. The summed E-state index contributed by atoms with van der Waals surface area (Å²) in [7, 11) is 1.66. The number of benzene rings is 2. The van der Waals surface area contributed by atoms with Crippen LogP contribution in [0.5, 0.6) is 5.75 Å². The van der Waals surface area contributed by atoms with Crippen molar-refractivity contribution in [2.45, 2.75) is 12.5 Å². The van der Waals surface area contributed by atoms with Gasteiger partial charge in [0.05, 0.1) is 17.6 Å². The molecule has 21 heavy (non-hydrogen) atoms. The van der Waals surface area contributed by atoms with E-state index in [4.69, 9.17) is 10.6 Å². The summed E-state index contributed by atoms with van der Waals surface area (Å²) in [4.78, 5) is 0. The number of ether oxygens (including phenoxy) is 1. The Morgan fingerprint density at radius 1 is 1.19 bits per heavy atom. The van der Waals surface area contributed by atoms with E-state index in [-0.39, 0.29) is 6.04 Å². The van der Waals surface area contributed by atoms with E-state index in [0.29, 0.717) is 0 Å². The number of rotatable bonds is 5. The van der Waals surface area contributed by atoms with Crippen molar-refractivity contribution in [2.75, 3.05) is 7.11 Å². The summed E-state index contributed by atoms with van der Waals surface area (Å²) >= 11 is 9.41. The molecule has 0 radical (unpaired) electrons. The quantitative estimate of drug-likeness (QED) is 0.341. The fourth-order valence-electron chi connectivity index (χ4n) is 2.11. The van der Waals surface area contributed by atoms with Crippen molar-refractivity contribution in [3.05, 3.63) is 60.0 Å². The van der Waals surface area contributed by atoms with E-state index in [1.165, 1.54) is 9.13 Å². The highest BCUT2D eigenvalue weighted by Gasteiger charge is 2.15. The van der Waals surface area contributed by atoms with Crippen molar-refractivity contribution in [2.24, 2.45) is 5.84 Å². The first-order chi connectivity index (χ1) is 10.0. The maximum Gasteiger partial charge on any atom is 0.133 e. The van der Waals surface area contributed by atoms with Gasteiger partial charge in [0.2, 0.25) is 0 Å². The molecule has 112 valence electrons. The van der Waals surface area contributed by atoms with Crippen LogP contribution in [0.25, 0.3) is 0 Å². The molecule has 0 saturated heterocycles. The van der Waals surface area contributed by atoms with Crippen LogP contribution in [0.3, 0.4) is 0 Å². The van der Waals surface area contributed by atoms with Gasteiger partial charge in [-0.25, -0.2) is 0 Å².